The Bertz CT molecular complexity index is 1840. The molecule has 0 radical (unpaired) electrons. The van der Waals surface area contributed by atoms with Crippen molar-refractivity contribution in [2.45, 2.75) is 31.2 Å². The van der Waals surface area contributed by atoms with Crippen LogP contribution in [0.3, 0.4) is 0 Å². The van der Waals surface area contributed by atoms with Gasteiger partial charge in [0, 0.05) is 30.4 Å². The molecule has 1 aromatic heterocycles. The number of benzene rings is 3. The van der Waals surface area contributed by atoms with Crippen LogP contribution < -0.4 is 4.74 Å². The molecular formula is C33H32N4O4S3. The number of para-hydroxylation sites is 1. The Hall–Kier alpha value is -3.77. The van der Waals surface area contributed by atoms with Crippen LogP contribution >= 0.6 is 24.0 Å². The molecule has 3 aromatic carbocycles. The summed E-state index contributed by atoms with van der Waals surface area (Å²) < 4.78 is 36.3. The Labute approximate surface area is 267 Å². The minimum absolute atomic E-state index is 0.190. The van der Waals surface area contributed by atoms with Crippen LogP contribution in [0.1, 0.15) is 30.9 Å². The number of methoxy groups -OCH3 is 1. The van der Waals surface area contributed by atoms with Crippen LogP contribution in [0.5, 0.6) is 5.75 Å². The first-order valence-corrected chi connectivity index (χ1v) is 17.0. The Kier molecular flexibility index (Phi) is 8.73. The molecule has 226 valence electrons. The average molecular weight is 645 g/mol. The standard InChI is InChI=1S/C33H32N4O4S3/c1-23-8-7-17-35(20-23)44(39,40)29-12-6-9-25(18-29)31-26(22-37(34-31)27-10-4-3-5-11-27)19-30-32(38)36(33(42)43-30)21-24-13-15-28(41-2)16-14-24/h3-6,9-16,18-19,22-23H,7-8,17,20-21H2,1-2H3/b30-19-. The van der Waals surface area contributed by atoms with E-state index in [4.69, 9.17) is 22.1 Å². The third-order valence-corrected chi connectivity index (χ3v) is 11.0. The number of carbonyl (C=O) groups excluding carboxylic acids is 1. The first-order valence-electron chi connectivity index (χ1n) is 14.4. The highest BCUT2D eigenvalue weighted by atomic mass is 32.2. The Morgan fingerprint density at radius 3 is 2.57 bits per heavy atom. The van der Waals surface area contributed by atoms with Gasteiger partial charge in [-0.2, -0.15) is 9.40 Å². The van der Waals surface area contributed by atoms with Crippen LogP contribution in [0.25, 0.3) is 23.0 Å². The number of thiocarbonyl (C=S) groups is 1. The van der Waals surface area contributed by atoms with E-state index in [1.807, 2.05) is 66.9 Å². The van der Waals surface area contributed by atoms with Crippen LogP contribution in [0.2, 0.25) is 0 Å². The fraction of sp³-hybridized carbons (Fsp3) is 0.242. The van der Waals surface area contributed by atoms with Gasteiger partial charge in [-0.1, -0.05) is 73.4 Å². The van der Waals surface area contributed by atoms with E-state index in [-0.39, 0.29) is 10.8 Å². The highest BCUT2D eigenvalue weighted by Crippen LogP contribution is 2.36. The van der Waals surface area contributed by atoms with E-state index in [0.717, 1.165) is 29.8 Å². The fourth-order valence-electron chi connectivity index (χ4n) is 5.44. The molecule has 1 unspecified atom stereocenters. The number of piperidine rings is 1. The van der Waals surface area contributed by atoms with Gasteiger partial charge in [0.05, 0.1) is 29.1 Å². The predicted octanol–water partition coefficient (Wildman–Crippen LogP) is 6.37. The number of thioether (sulfide) groups is 1. The second kappa shape index (κ2) is 12.7. The molecule has 11 heteroatoms. The average Bonchev–Trinajstić information content (AvgIpc) is 3.58. The molecule has 3 heterocycles. The van der Waals surface area contributed by atoms with E-state index in [1.165, 1.54) is 11.8 Å². The van der Waals surface area contributed by atoms with Crippen molar-refractivity contribution >= 4 is 50.3 Å². The van der Waals surface area contributed by atoms with Gasteiger partial charge >= 0.3 is 0 Å². The van der Waals surface area contributed by atoms with E-state index in [9.17, 15) is 13.2 Å². The van der Waals surface area contributed by atoms with Crippen molar-refractivity contribution in [2.24, 2.45) is 5.92 Å². The lowest BCUT2D eigenvalue weighted by atomic mass is 10.0. The molecule has 0 spiro atoms. The van der Waals surface area contributed by atoms with E-state index < -0.39 is 10.0 Å². The van der Waals surface area contributed by atoms with Gasteiger partial charge in [0.25, 0.3) is 5.91 Å². The van der Waals surface area contributed by atoms with Gasteiger partial charge in [0.15, 0.2) is 0 Å². The Balaban J connectivity index is 1.36. The molecule has 44 heavy (non-hydrogen) atoms. The second-order valence-electron chi connectivity index (χ2n) is 11.0. The fourth-order valence-corrected chi connectivity index (χ4v) is 8.33. The maximum atomic E-state index is 13.6. The van der Waals surface area contributed by atoms with Gasteiger partial charge in [0.2, 0.25) is 10.0 Å². The SMILES string of the molecule is COc1ccc(CN2C(=O)/C(=C/c3cn(-c4ccccc4)nc3-c3cccc(S(=O)(=O)N4CCCC(C)C4)c3)SC2=S)cc1. The largest absolute Gasteiger partial charge is 0.497 e. The van der Waals surface area contributed by atoms with Gasteiger partial charge in [-0.25, -0.2) is 13.1 Å². The van der Waals surface area contributed by atoms with Gasteiger partial charge in [-0.05, 0) is 66.8 Å². The van der Waals surface area contributed by atoms with Crippen LogP contribution in [0.15, 0.2) is 94.9 Å². The van der Waals surface area contributed by atoms with Crippen molar-refractivity contribution < 1.29 is 17.9 Å². The molecular weight excluding hydrogens is 613 g/mol. The smallest absolute Gasteiger partial charge is 0.266 e. The molecule has 0 N–H and O–H groups in total. The molecule has 1 atom stereocenters. The van der Waals surface area contributed by atoms with Crippen LogP contribution in [0, 0.1) is 5.92 Å². The summed E-state index contributed by atoms with van der Waals surface area (Å²) in [6, 6.07) is 24.1. The summed E-state index contributed by atoms with van der Waals surface area (Å²) in [6.45, 7) is 3.46. The lowest BCUT2D eigenvalue weighted by Gasteiger charge is -2.30. The lowest BCUT2D eigenvalue weighted by Crippen LogP contribution is -2.39. The quantitative estimate of drug-likeness (QED) is 0.163. The first kappa shape index (κ1) is 30.3. The van der Waals surface area contributed by atoms with Crippen LogP contribution in [0.4, 0.5) is 0 Å². The molecule has 0 aliphatic carbocycles. The van der Waals surface area contributed by atoms with Crippen LogP contribution in [-0.2, 0) is 21.4 Å². The third-order valence-electron chi connectivity index (χ3n) is 7.79. The zero-order valence-corrected chi connectivity index (χ0v) is 26.9. The Morgan fingerprint density at radius 1 is 1.07 bits per heavy atom. The zero-order valence-electron chi connectivity index (χ0n) is 24.4. The molecule has 2 aliphatic heterocycles. The zero-order chi connectivity index (χ0) is 30.8. The number of sulfonamides is 1. The number of ether oxygens (including phenoxy) is 1. The molecule has 0 saturated carbocycles. The minimum Gasteiger partial charge on any atom is -0.497 e. The molecule has 6 rings (SSSR count). The summed E-state index contributed by atoms with van der Waals surface area (Å²) in [4.78, 5) is 15.9. The van der Waals surface area contributed by atoms with E-state index >= 15 is 0 Å². The second-order valence-corrected chi connectivity index (χ2v) is 14.6. The molecule has 8 nitrogen and oxygen atoms in total. The van der Waals surface area contributed by atoms with Gasteiger partial charge in [0.1, 0.15) is 15.8 Å². The summed E-state index contributed by atoms with van der Waals surface area (Å²) in [5.41, 5.74) is 3.66. The number of hydrogen-bond donors (Lipinski definition) is 0. The monoisotopic (exact) mass is 644 g/mol. The normalized spacial score (nSPS) is 18.7. The maximum absolute atomic E-state index is 13.6. The molecule has 2 fully saturated rings. The van der Waals surface area contributed by atoms with Gasteiger partial charge < -0.3 is 4.74 Å². The van der Waals surface area contributed by atoms with Crippen molar-refractivity contribution in [3.05, 3.63) is 101 Å². The van der Waals surface area contributed by atoms with Crippen molar-refractivity contribution in [1.82, 2.24) is 19.0 Å². The van der Waals surface area contributed by atoms with Crippen molar-refractivity contribution in [3.63, 3.8) is 0 Å². The molecule has 1 amide bonds. The highest BCUT2D eigenvalue weighted by Gasteiger charge is 2.33. The van der Waals surface area contributed by atoms with Crippen LogP contribution in [-0.4, -0.2) is 57.8 Å². The first-order chi connectivity index (χ1) is 21.2. The van der Waals surface area contributed by atoms with Crippen molar-refractivity contribution in [2.75, 3.05) is 20.2 Å². The highest BCUT2D eigenvalue weighted by molar-refractivity contribution is 8.26. The molecule has 2 saturated heterocycles. The topological polar surface area (TPSA) is 84.7 Å². The minimum atomic E-state index is -3.67. The molecule has 0 bridgehead atoms. The number of hydrogen-bond acceptors (Lipinski definition) is 7. The third kappa shape index (κ3) is 6.23. The summed E-state index contributed by atoms with van der Waals surface area (Å²) in [7, 11) is -2.06. The maximum Gasteiger partial charge on any atom is 0.266 e. The lowest BCUT2D eigenvalue weighted by molar-refractivity contribution is -0.122. The van der Waals surface area contributed by atoms with Crippen molar-refractivity contribution in [1.29, 1.82) is 0 Å². The van der Waals surface area contributed by atoms with Gasteiger partial charge in [-0.3, -0.25) is 9.69 Å². The predicted molar refractivity (Wildman–Crippen MR) is 178 cm³/mol. The summed E-state index contributed by atoms with van der Waals surface area (Å²) in [5.74, 6) is 0.868. The van der Waals surface area contributed by atoms with E-state index in [0.29, 0.717) is 51.6 Å². The van der Waals surface area contributed by atoms with Crippen molar-refractivity contribution in [3.8, 4) is 22.7 Å². The Morgan fingerprint density at radius 2 is 1.84 bits per heavy atom. The van der Waals surface area contributed by atoms with E-state index in [1.54, 1.807) is 45.3 Å². The molecule has 4 aromatic rings. The summed E-state index contributed by atoms with van der Waals surface area (Å²) in [5, 5.41) is 4.87. The summed E-state index contributed by atoms with van der Waals surface area (Å²) in [6.07, 6.45) is 5.53. The number of nitrogens with zero attached hydrogens (tertiary/aromatic N) is 4. The van der Waals surface area contributed by atoms with Gasteiger partial charge in [-0.15, -0.1) is 0 Å². The summed E-state index contributed by atoms with van der Waals surface area (Å²) >= 11 is 6.85. The number of amides is 1. The van der Waals surface area contributed by atoms with E-state index in [2.05, 4.69) is 6.92 Å². The number of carbonyl (C=O) groups is 1. The number of aromatic nitrogens is 2. The molecule has 2 aliphatic rings. The number of rotatable bonds is 8.